The number of rotatable bonds is 4. The fraction of sp³-hybridized carbons (Fsp3) is 0.364. The van der Waals surface area contributed by atoms with Crippen LogP contribution < -0.4 is 5.32 Å². The van der Waals surface area contributed by atoms with Crippen molar-refractivity contribution in [2.24, 2.45) is 0 Å². The number of carbonyl (C=O) groups is 1. The maximum absolute atomic E-state index is 13.2. The van der Waals surface area contributed by atoms with Gasteiger partial charge in [-0.15, -0.1) is 0 Å². The topological polar surface area (TPSA) is 49.3 Å². The highest BCUT2D eigenvalue weighted by Crippen LogP contribution is 2.30. The van der Waals surface area contributed by atoms with Gasteiger partial charge in [-0.3, -0.25) is 5.32 Å². The Morgan fingerprint density at radius 1 is 1.32 bits per heavy atom. The summed E-state index contributed by atoms with van der Waals surface area (Å²) in [5, 5.41) is 10.3. The van der Waals surface area contributed by atoms with E-state index < -0.39 is 41.4 Å². The van der Waals surface area contributed by atoms with Crippen molar-refractivity contribution in [2.75, 3.05) is 0 Å². The molecule has 1 aromatic rings. The highest BCUT2D eigenvalue weighted by Gasteiger charge is 2.57. The molecule has 0 heterocycles. The molecule has 1 aromatic carbocycles. The van der Waals surface area contributed by atoms with Crippen LogP contribution in [-0.2, 0) is 11.3 Å². The van der Waals surface area contributed by atoms with Gasteiger partial charge in [0.2, 0.25) is 5.54 Å². The maximum atomic E-state index is 13.2. The fourth-order valence-corrected chi connectivity index (χ4v) is 1.25. The molecule has 0 saturated carbocycles. The Morgan fingerprint density at radius 3 is 2.37 bits per heavy atom. The zero-order valence-corrected chi connectivity index (χ0v) is 9.68. The molecule has 1 rings (SSSR count). The summed E-state index contributed by atoms with van der Waals surface area (Å²) in [6, 6.07) is 2.25. The third-order valence-corrected chi connectivity index (χ3v) is 2.63. The molecule has 1 atom stereocenters. The van der Waals surface area contributed by atoms with Crippen molar-refractivity contribution < 1.29 is 31.9 Å². The molecule has 0 radical (unpaired) electrons. The molecule has 19 heavy (non-hydrogen) atoms. The van der Waals surface area contributed by atoms with Gasteiger partial charge in [-0.1, -0.05) is 0 Å². The number of hydrogen-bond donors (Lipinski definition) is 2. The Morgan fingerprint density at radius 2 is 1.89 bits per heavy atom. The molecule has 3 nitrogen and oxygen atoms in total. The van der Waals surface area contributed by atoms with Gasteiger partial charge in [0, 0.05) is 12.1 Å². The quantitative estimate of drug-likeness (QED) is 0.834. The van der Waals surface area contributed by atoms with Crippen molar-refractivity contribution in [3.8, 4) is 0 Å². The zero-order chi connectivity index (χ0) is 14.8. The molecular weight excluding hydrogens is 273 g/mol. The number of benzene rings is 1. The van der Waals surface area contributed by atoms with Gasteiger partial charge >= 0.3 is 12.1 Å². The third-order valence-electron chi connectivity index (χ3n) is 2.63. The lowest BCUT2D eigenvalue weighted by Crippen LogP contribution is -2.59. The van der Waals surface area contributed by atoms with Crippen molar-refractivity contribution >= 4 is 5.97 Å². The van der Waals surface area contributed by atoms with Gasteiger partial charge in [0.25, 0.3) is 0 Å². The minimum Gasteiger partial charge on any atom is -0.480 e. The minimum atomic E-state index is -5.08. The maximum Gasteiger partial charge on any atom is 0.417 e. The summed E-state index contributed by atoms with van der Waals surface area (Å²) in [5.41, 5.74) is -3.64. The lowest BCUT2D eigenvalue weighted by Gasteiger charge is -2.28. The largest absolute Gasteiger partial charge is 0.480 e. The van der Waals surface area contributed by atoms with Crippen LogP contribution in [0.2, 0.25) is 0 Å². The highest BCUT2D eigenvalue weighted by molar-refractivity contribution is 5.79. The van der Waals surface area contributed by atoms with Crippen LogP contribution in [0.5, 0.6) is 0 Å². The summed E-state index contributed by atoms with van der Waals surface area (Å²) in [4.78, 5) is 10.7. The molecule has 0 aliphatic rings. The van der Waals surface area contributed by atoms with Crippen LogP contribution in [-0.4, -0.2) is 22.8 Å². The first kappa shape index (κ1) is 15.4. The molecule has 0 aliphatic heterocycles. The summed E-state index contributed by atoms with van der Waals surface area (Å²) < 4.78 is 63.9. The van der Waals surface area contributed by atoms with E-state index in [-0.39, 0.29) is 0 Å². The monoisotopic (exact) mass is 283 g/mol. The average molecular weight is 283 g/mol. The van der Waals surface area contributed by atoms with Gasteiger partial charge in [-0.05, 0) is 25.1 Å². The van der Waals surface area contributed by atoms with E-state index in [4.69, 9.17) is 5.11 Å². The number of aliphatic carboxylic acids is 1. The molecular formula is C11H10F5NO2. The second-order valence-corrected chi connectivity index (χ2v) is 4.02. The van der Waals surface area contributed by atoms with Crippen LogP contribution in [0.1, 0.15) is 12.5 Å². The van der Waals surface area contributed by atoms with Crippen LogP contribution in [0, 0.1) is 11.6 Å². The van der Waals surface area contributed by atoms with E-state index in [2.05, 4.69) is 0 Å². The second-order valence-electron chi connectivity index (χ2n) is 4.02. The molecule has 0 spiro atoms. The molecule has 106 valence electrons. The average Bonchev–Trinajstić information content (AvgIpc) is 2.28. The number of halogens is 5. The number of alkyl halides is 3. The van der Waals surface area contributed by atoms with Gasteiger partial charge in [-0.25, -0.2) is 13.6 Å². The Kier molecular flexibility index (Phi) is 4.14. The van der Waals surface area contributed by atoms with Crippen LogP contribution in [0.4, 0.5) is 22.0 Å². The van der Waals surface area contributed by atoms with Crippen molar-refractivity contribution in [1.82, 2.24) is 5.32 Å². The lowest BCUT2D eigenvalue weighted by atomic mass is 10.0. The molecule has 0 aromatic heterocycles. The Hall–Kier alpha value is -1.70. The number of hydrogen-bond acceptors (Lipinski definition) is 2. The molecule has 2 N–H and O–H groups in total. The summed E-state index contributed by atoms with van der Waals surface area (Å²) in [6.45, 7) is -0.363. The van der Waals surface area contributed by atoms with Gasteiger partial charge in [0.1, 0.15) is 11.6 Å². The van der Waals surface area contributed by atoms with Crippen LogP contribution in [0.25, 0.3) is 0 Å². The van der Waals surface area contributed by atoms with E-state index in [1.807, 2.05) is 0 Å². The van der Waals surface area contributed by atoms with Gasteiger partial charge in [0.15, 0.2) is 0 Å². The number of carboxylic acids is 1. The molecule has 8 heteroatoms. The highest BCUT2D eigenvalue weighted by atomic mass is 19.4. The van der Waals surface area contributed by atoms with E-state index in [9.17, 15) is 26.7 Å². The molecule has 0 amide bonds. The summed E-state index contributed by atoms with van der Waals surface area (Å²) in [5.74, 6) is -3.91. The van der Waals surface area contributed by atoms with Crippen molar-refractivity contribution in [2.45, 2.75) is 25.2 Å². The zero-order valence-electron chi connectivity index (χ0n) is 9.68. The smallest absolute Gasteiger partial charge is 0.417 e. The van der Waals surface area contributed by atoms with Crippen LogP contribution in [0.15, 0.2) is 18.2 Å². The summed E-state index contributed by atoms with van der Waals surface area (Å²) >= 11 is 0. The van der Waals surface area contributed by atoms with Crippen LogP contribution >= 0.6 is 0 Å². The predicted octanol–water partition coefficient (Wildman–Crippen LogP) is 2.46. The van der Waals surface area contributed by atoms with Crippen molar-refractivity contribution in [3.05, 3.63) is 35.4 Å². The van der Waals surface area contributed by atoms with Gasteiger partial charge in [0.05, 0.1) is 0 Å². The van der Waals surface area contributed by atoms with Crippen molar-refractivity contribution in [3.63, 3.8) is 0 Å². The normalized spacial score (nSPS) is 15.1. The number of carboxylic acid groups (broad SMARTS) is 1. The Bertz CT molecular complexity index is 488. The minimum absolute atomic E-state index is 0.392. The molecule has 0 bridgehead atoms. The van der Waals surface area contributed by atoms with Crippen molar-refractivity contribution in [1.29, 1.82) is 0 Å². The summed E-state index contributed by atoms with van der Waals surface area (Å²) in [7, 11) is 0. The van der Waals surface area contributed by atoms with E-state index in [0.717, 1.165) is 12.1 Å². The predicted molar refractivity (Wildman–Crippen MR) is 55.3 cm³/mol. The molecule has 0 fully saturated rings. The molecule has 1 unspecified atom stereocenters. The van der Waals surface area contributed by atoms with Gasteiger partial charge < -0.3 is 5.11 Å². The fourth-order valence-electron chi connectivity index (χ4n) is 1.25. The standard InChI is InChI=1S/C11H10F5NO2/c1-10(9(18)19,11(14,15)16)17-5-6-4-7(12)2-3-8(6)13/h2-4,17H,5H2,1H3,(H,18,19). The van der Waals surface area contributed by atoms with E-state index in [0.29, 0.717) is 13.0 Å². The Labute approximate surface area is 105 Å². The van der Waals surface area contributed by atoms with E-state index in [1.165, 1.54) is 0 Å². The summed E-state index contributed by atoms with van der Waals surface area (Å²) in [6.07, 6.45) is -5.08. The number of nitrogens with one attached hydrogen (secondary N) is 1. The second kappa shape index (κ2) is 5.12. The first-order valence-corrected chi connectivity index (χ1v) is 5.07. The Balaban J connectivity index is 2.95. The van der Waals surface area contributed by atoms with Crippen LogP contribution in [0.3, 0.4) is 0 Å². The van der Waals surface area contributed by atoms with Gasteiger partial charge in [-0.2, -0.15) is 13.2 Å². The first-order valence-electron chi connectivity index (χ1n) is 5.07. The lowest BCUT2D eigenvalue weighted by molar-refractivity contribution is -0.206. The third kappa shape index (κ3) is 3.19. The van der Waals surface area contributed by atoms with E-state index in [1.54, 1.807) is 5.32 Å². The molecule has 0 aliphatic carbocycles. The first-order chi connectivity index (χ1) is 8.58. The molecule has 0 saturated heterocycles. The van der Waals surface area contributed by atoms with E-state index >= 15 is 0 Å². The SMILES string of the molecule is CC(NCc1cc(F)ccc1F)(C(=O)O)C(F)(F)F.